The Kier molecular flexibility index (Phi) is 4.16. The van der Waals surface area contributed by atoms with Crippen LogP contribution < -0.4 is 10.2 Å². The first-order valence-electron chi connectivity index (χ1n) is 6.08. The first-order valence-corrected chi connectivity index (χ1v) is 6.87. The van der Waals surface area contributed by atoms with Gasteiger partial charge < -0.3 is 10.2 Å². The van der Waals surface area contributed by atoms with Crippen molar-refractivity contribution in [3.8, 4) is 0 Å². The maximum Gasteiger partial charge on any atom is 0.224 e. The summed E-state index contributed by atoms with van der Waals surface area (Å²) in [6.45, 7) is 3.54. The molecule has 0 aliphatic carbocycles. The van der Waals surface area contributed by atoms with Crippen molar-refractivity contribution in [3.05, 3.63) is 16.5 Å². The predicted molar refractivity (Wildman–Crippen MR) is 73.5 cm³/mol. The Bertz CT molecular complexity index is 431. The number of hydrogen-bond donors (Lipinski definition) is 1. The highest BCUT2D eigenvalue weighted by molar-refractivity contribution is 9.10. The van der Waals surface area contributed by atoms with Crippen LogP contribution in [0.2, 0.25) is 0 Å². The molecule has 1 atom stereocenters. The van der Waals surface area contributed by atoms with Gasteiger partial charge in [-0.2, -0.15) is 0 Å². The first kappa shape index (κ1) is 13.3. The molecule has 98 valence electrons. The van der Waals surface area contributed by atoms with Crippen molar-refractivity contribution in [3.63, 3.8) is 0 Å². The van der Waals surface area contributed by atoms with Crippen LogP contribution in [0.5, 0.6) is 0 Å². The van der Waals surface area contributed by atoms with E-state index >= 15 is 0 Å². The average Bonchev–Trinajstić information content (AvgIpc) is 2.37. The Morgan fingerprint density at radius 3 is 3.00 bits per heavy atom. The molecule has 2 rings (SSSR count). The highest BCUT2D eigenvalue weighted by Crippen LogP contribution is 2.23. The number of aromatic nitrogens is 2. The van der Waals surface area contributed by atoms with Gasteiger partial charge in [-0.3, -0.25) is 4.79 Å². The molecule has 1 amide bonds. The summed E-state index contributed by atoms with van der Waals surface area (Å²) in [4.78, 5) is 22.5. The SMILES string of the molecule is CNC(=O)C1CCCN(c2cc(Br)nc(C)n2)C1. The van der Waals surface area contributed by atoms with Crippen molar-refractivity contribution < 1.29 is 4.79 Å². The van der Waals surface area contributed by atoms with Gasteiger partial charge in [0.25, 0.3) is 0 Å². The third-order valence-electron chi connectivity index (χ3n) is 3.16. The average molecular weight is 313 g/mol. The number of anilines is 1. The van der Waals surface area contributed by atoms with E-state index in [0.29, 0.717) is 0 Å². The van der Waals surface area contributed by atoms with Crippen LogP contribution in [0.3, 0.4) is 0 Å². The molecule has 0 radical (unpaired) electrons. The lowest BCUT2D eigenvalue weighted by Crippen LogP contribution is -2.42. The van der Waals surface area contributed by atoms with Crippen LogP contribution >= 0.6 is 15.9 Å². The summed E-state index contributed by atoms with van der Waals surface area (Å²) in [5.41, 5.74) is 0. The van der Waals surface area contributed by atoms with Gasteiger partial charge in [0.2, 0.25) is 5.91 Å². The number of rotatable bonds is 2. The fourth-order valence-electron chi connectivity index (χ4n) is 2.28. The number of amides is 1. The zero-order chi connectivity index (χ0) is 13.1. The third kappa shape index (κ3) is 2.98. The number of hydrogen-bond acceptors (Lipinski definition) is 4. The Morgan fingerprint density at radius 2 is 2.33 bits per heavy atom. The van der Waals surface area contributed by atoms with E-state index in [-0.39, 0.29) is 11.8 Å². The zero-order valence-corrected chi connectivity index (χ0v) is 12.2. The molecule has 18 heavy (non-hydrogen) atoms. The highest BCUT2D eigenvalue weighted by atomic mass is 79.9. The lowest BCUT2D eigenvalue weighted by Gasteiger charge is -2.32. The fourth-order valence-corrected chi connectivity index (χ4v) is 2.74. The van der Waals surface area contributed by atoms with Gasteiger partial charge in [-0.25, -0.2) is 9.97 Å². The van der Waals surface area contributed by atoms with Gasteiger partial charge in [0, 0.05) is 26.2 Å². The largest absolute Gasteiger partial charge is 0.359 e. The number of nitrogens with zero attached hydrogens (tertiary/aromatic N) is 3. The van der Waals surface area contributed by atoms with E-state index in [0.717, 1.165) is 42.2 Å². The van der Waals surface area contributed by atoms with Crippen LogP contribution in [0.4, 0.5) is 5.82 Å². The minimum absolute atomic E-state index is 0.0535. The lowest BCUT2D eigenvalue weighted by molar-refractivity contribution is -0.124. The number of nitrogens with one attached hydrogen (secondary N) is 1. The van der Waals surface area contributed by atoms with E-state index in [1.54, 1.807) is 7.05 Å². The van der Waals surface area contributed by atoms with Crippen LogP contribution in [0.1, 0.15) is 18.7 Å². The van der Waals surface area contributed by atoms with Gasteiger partial charge >= 0.3 is 0 Å². The summed E-state index contributed by atoms with van der Waals surface area (Å²) in [6, 6.07) is 1.90. The minimum atomic E-state index is 0.0535. The van der Waals surface area contributed by atoms with Gasteiger partial charge in [-0.1, -0.05) is 0 Å². The molecular formula is C12H17BrN4O. The molecule has 0 saturated carbocycles. The molecule has 5 nitrogen and oxygen atoms in total. The van der Waals surface area contributed by atoms with Crippen molar-refractivity contribution in [1.82, 2.24) is 15.3 Å². The second-order valence-corrected chi connectivity index (χ2v) is 5.31. The smallest absolute Gasteiger partial charge is 0.224 e. The standard InChI is InChI=1S/C12H17BrN4O/c1-8-15-10(13)6-11(16-8)17-5-3-4-9(7-17)12(18)14-2/h6,9H,3-5,7H2,1-2H3,(H,14,18). The molecule has 0 spiro atoms. The zero-order valence-electron chi connectivity index (χ0n) is 10.6. The van der Waals surface area contributed by atoms with Crippen LogP contribution in [0.15, 0.2) is 10.7 Å². The maximum absolute atomic E-state index is 11.7. The first-order chi connectivity index (χ1) is 8.60. The fraction of sp³-hybridized carbons (Fsp3) is 0.583. The van der Waals surface area contributed by atoms with Gasteiger partial charge in [0.15, 0.2) is 0 Å². The van der Waals surface area contributed by atoms with E-state index in [9.17, 15) is 4.79 Å². The van der Waals surface area contributed by atoms with Gasteiger partial charge in [0.05, 0.1) is 5.92 Å². The Hall–Kier alpha value is -1.17. The molecule has 1 aromatic heterocycles. The molecule has 1 N–H and O–H groups in total. The van der Waals surface area contributed by atoms with Crippen LogP contribution in [0.25, 0.3) is 0 Å². The van der Waals surface area contributed by atoms with Crippen molar-refractivity contribution in [2.45, 2.75) is 19.8 Å². The van der Waals surface area contributed by atoms with Crippen molar-refractivity contribution in [1.29, 1.82) is 0 Å². The normalized spacial score (nSPS) is 19.7. The van der Waals surface area contributed by atoms with E-state index in [1.807, 2.05) is 13.0 Å². The van der Waals surface area contributed by atoms with Crippen molar-refractivity contribution in [2.24, 2.45) is 5.92 Å². The minimum Gasteiger partial charge on any atom is -0.359 e. The van der Waals surface area contributed by atoms with Crippen molar-refractivity contribution >= 4 is 27.7 Å². The predicted octanol–water partition coefficient (Wildman–Crippen LogP) is 1.51. The van der Waals surface area contributed by atoms with E-state index in [2.05, 4.69) is 36.1 Å². The molecule has 2 heterocycles. The molecule has 1 fully saturated rings. The maximum atomic E-state index is 11.7. The summed E-state index contributed by atoms with van der Waals surface area (Å²) in [6.07, 6.45) is 1.96. The molecule has 1 aliphatic heterocycles. The number of carbonyl (C=O) groups excluding carboxylic acids is 1. The van der Waals surface area contributed by atoms with Crippen LogP contribution in [0, 0.1) is 12.8 Å². The quantitative estimate of drug-likeness (QED) is 0.841. The van der Waals surface area contributed by atoms with E-state index in [1.165, 1.54) is 0 Å². The Balaban J connectivity index is 2.15. The topological polar surface area (TPSA) is 58.1 Å². The van der Waals surface area contributed by atoms with Gasteiger partial charge in [-0.15, -0.1) is 0 Å². The van der Waals surface area contributed by atoms with E-state index in [4.69, 9.17) is 0 Å². The molecule has 0 bridgehead atoms. The van der Waals surface area contributed by atoms with Crippen LogP contribution in [-0.4, -0.2) is 36.0 Å². The molecule has 1 unspecified atom stereocenters. The number of aryl methyl sites for hydroxylation is 1. The summed E-state index contributed by atoms with van der Waals surface area (Å²) < 4.78 is 0.784. The number of piperidine rings is 1. The molecule has 6 heteroatoms. The lowest BCUT2D eigenvalue weighted by atomic mass is 9.97. The van der Waals surface area contributed by atoms with Gasteiger partial charge in [-0.05, 0) is 35.7 Å². The molecule has 1 aliphatic rings. The monoisotopic (exact) mass is 312 g/mol. The molecular weight excluding hydrogens is 296 g/mol. The second kappa shape index (κ2) is 5.65. The molecule has 1 saturated heterocycles. The van der Waals surface area contributed by atoms with Crippen molar-refractivity contribution in [2.75, 3.05) is 25.0 Å². The highest BCUT2D eigenvalue weighted by Gasteiger charge is 2.26. The molecule has 0 aromatic carbocycles. The van der Waals surface area contributed by atoms with Gasteiger partial charge in [0.1, 0.15) is 16.2 Å². The summed E-state index contributed by atoms with van der Waals surface area (Å²) in [5.74, 6) is 1.80. The molecule has 1 aromatic rings. The Labute approximate surface area is 115 Å². The van der Waals surface area contributed by atoms with E-state index < -0.39 is 0 Å². The third-order valence-corrected chi connectivity index (χ3v) is 3.56. The number of halogens is 1. The summed E-state index contributed by atoms with van der Waals surface area (Å²) in [7, 11) is 1.69. The summed E-state index contributed by atoms with van der Waals surface area (Å²) >= 11 is 3.38. The number of carbonyl (C=O) groups is 1. The second-order valence-electron chi connectivity index (χ2n) is 4.50. The van der Waals surface area contributed by atoms with Crippen LogP contribution in [-0.2, 0) is 4.79 Å². The Morgan fingerprint density at radius 1 is 1.56 bits per heavy atom. The summed E-state index contributed by atoms with van der Waals surface area (Å²) in [5, 5.41) is 2.72.